The molecule has 0 spiro atoms. The van der Waals surface area contributed by atoms with Crippen LogP contribution in [0.15, 0.2) is 0 Å². The molecule has 0 amide bonds. The van der Waals surface area contributed by atoms with E-state index in [0.29, 0.717) is 30.7 Å². The first kappa shape index (κ1) is 11.0. The summed E-state index contributed by atoms with van der Waals surface area (Å²) in [6.07, 6.45) is 3.97. The fraction of sp³-hybridized carbons (Fsp3) is 1.00. The molecule has 0 aromatic heterocycles. The van der Waals surface area contributed by atoms with Crippen molar-refractivity contribution in [2.75, 3.05) is 6.61 Å². The number of aliphatic hydroxyl groups excluding tert-OH is 1. The molecule has 1 N–H and O–H groups in total. The Morgan fingerprint density at radius 3 is 2.54 bits per heavy atom. The Hall–Kier alpha value is -0.0800. The molecule has 1 aliphatic rings. The summed E-state index contributed by atoms with van der Waals surface area (Å²) < 4.78 is 5.87. The molecule has 0 radical (unpaired) electrons. The van der Waals surface area contributed by atoms with Gasteiger partial charge < -0.3 is 9.84 Å². The van der Waals surface area contributed by atoms with Crippen molar-refractivity contribution in [3.63, 3.8) is 0 Å². The first-order chi connectivity index (χ1) is 6.19. The van der Waals surface area contributed by atoms with Crippen LogP contribution in [0.3, 0.4) is 0 Å². The smallest absolute Gasteiger partial charge is 0.0634 e. The third kappa shape index (κ3) is 2.68. The second-order valence-corrected chi connectivity index (χ2v) is 4.30. The van der Waals surface area contributed by atoms with Gasteiger partial charge in [-0.25, -0.2) is 0 Å². The van der Waals surface area contributed by atoms with Crippen LogP contribution >= 0.6 is 0 Å². The molecule has 1 rings (SSSR count). The first-order valence-electron chi connectivity index (χ1n) is 5.45. The van der Waals surface area contributed by atoms with Gasteiger partial charge in [-0.1, -0.05) is 20.3 Å². The average Bonchev–Trinajstić information content (AvgIpc) is 2.41. The minimum Gasteiger partial charge on any atom is -0.396 e. The summed E-state index contributed by atoms with van der Waals surface area (Å²) in [4.78, 5) is 0. The lowest BCUT2D eigenvalue weighted by Gasteiger charge is -2.24. The Kier molecular flexibility index (Phi) is 4.20. The van der Waals surface area contributed by atoms with Crippen LogP contribution in [-0.4, -0.2) is 23.9 Å². The quantitative estimate of drug-likeness (QED) is 0.729. The van der Waals surface area contributed by atoms with E-state index in [0.717, 1.165) is 12.8 Å². The number of ether oxygens (including phenoxy) is 1. The second-order valence-electron chi connectivity index (χ2n) is 4.30. The van der Waals surface area contributed by atoms with Gasteiger partial charge in [-0.15, -0.1) is 0 Å². The van der Waals surface area contributed by atoms with Crippen LogP contribution < -0.4 is 0 Å². The first-order valence-corrected chi connectivity index (χ1v) is 5.45. The molecule has 2 heteroatoms. The zero-order valence-electron chi connectivity index (χ0n) is 8.99. The number of aliphatic hydroxyl groups is 1. The van der Waals surface area contributed by atoms with E-state index in [9.17, 15) is 0 Å². The summed E-state index contributed by atoms with van der Waals surface area (Å²) in [6, 6.07) is 0. The lowest BCUT2D eigenvalue weighted by molar-refractivity contribution is -0.00100. The van der Waals surface area contributed by atoms with Crippen molar-refractivity contribution >= 4 is 0 Å². The predicted octanol–water partition coefficient (Wildman–Crippen LogP) is 2.21. The van der Waals surface area contributed by atoms with E-state index in [1.807, 2.05) is 0 Å². The van der Waals surface area contributed by atoms with Gasteiger partial charge in [-0.3, -0.25) is 0 Å². The van der Waals surface area contributed by atoms with Gasteiger partial charge in [0.25, 0.3) is 0 Å². The van der Waals surface area contributed by atoms with E-state index < -0.39 is 0 Å². The van der Waals surface area contributed by atoms with Crippen LogP contribution in [0.5, 0.6) is 0 Å². The van der Waals surface area contributed by atoms with Gasteiger partial charge >= 0.3 is 0 Å². The zero-order chi connectivity index (χ0) is 9.84. The van der Waals surface area contributed by atoms with Crippen LogP contribution in [-0.2, 0) is 4.74 Å². The SMILES string of the molecule is CCC(CCO)C1OC(C)CC1C. The largest absolute Gasteiger partial charge is 0.396 e. The molecule has 1 fully saturated rings. The highest BCUT2D eigenvalue weighted by Crippen LogP contribution is 2.33. The van der Waals surface area contributed by atoms with Crippen LogP contribution in [0.4, 0.5) is 0 Å². The standard InChI is InChI=1S/C11H22O2/c1-4-10(5-6-12)11-8(2)7-9(3)13-11/h8-12H,4-7H2,1-3H3. The summed E-state index contributed by atoms with van der Waals surface area (Å²) in [5.41, 5.74) is 0. The molecule has 4 atom stereocenters. The van der Waals surface area contributed by atoms with Crippen molar-refractivity contribution in [2.45, 2.75) is 52.2 Å². The number of hydrogen-bond donors (Lipinski definition) is 1. The Morgan fingerprint density at radius 2 is 2.15 bits per heavy atom. The highest BCUT2D eigenvalue weighted by molar-refractivity contribution is 4.82. The molecule has 2 nitrogen and oxygen atoms in total. The van der Waals surface area contributed by atoms with E-state index in [1.54, 1.807) is 0 Å². The fourth-order valence-electron chi connectivity index (χ4n) is 2.46. The van der Waals surface area contributed by atoms with E-state index >= 15 is 0 Å². The van der Waals surface area contributed by atoms with Crippen LogP contribution in [0.1, 0.15) is 40.0 Å². The highest BCUT2D eigenvalue weighted by atomic mass is 16.5. The zero-order valence-corrected chi connectivity index (χ0v) is 8.99. The van der Waals surface area contributed by atoms with E-state index in [-0.39, 0.29) is 0 Å². The highest BCUT2D eigenvalue weighted by Gasteiger charge is 2.34. The molecule has 0 bridgehead atoms. The summed E-state index contributed by atoms with van der Waals surface area (Å²) in [7, 11) is 0. The minimum atomic E-state index is 0.291. The van der Waals surface area contributed by atoms with E-state index in [1.165, 1.54) is 6.42 Å². The predicted molar refractivity (Wildman–Crippen MR) is 53.6 cm³/mol. The normalized spacial score (nSPS) is 36.5. The van der Waals surface area contributed by atoms with Crippen LogP contribution in [0.25, 0.3) is 0 Å². The van der Waals surface area contributed by atoms with Crippen LogP contribution in [0.2, 0.25) is 0 Å². The molecule has 0 aromatic carbocycles. The lowest BCUT2D eigenvalue weighted by Crippen LogP contribution is -2.25. The average molecular weight is 186 g/mol. The third-order valence-corrected chi connectivity index (χ3v) is 3.14. The van der Waals surface area contributed by atoms with Gasteiger partial charge in [-0.05, 0) is 31.6 Å². The van der Waals surface area contributed by atoms with Crippen LogP contribution in [0, 0.1) is 11.8 Å². The van der Waals surface area contributed by atoms with Crippen molar-refractivity contribution in [1.82, 2.24) is 0 Å². The van der Waals surface area contributed by atoms with Gasteiger partial charge in [0.05, 0.1) is 12.2 Å². The summed E-state index contributed by atoms with van der Waals surface area (Å²) in [6.45, 7) is 6.87. The van der Waals surface area contributed by atoms with Crippen molar-refractivity contribution in [1.29, 1.82) is 0 Å². The Balaban J connectivity index is 2.48. The summed E-state index contributed by atoms with van der Waals surface area (Å²) in [5, 5.41) is 8.92. The maximum Gasteiger partial charge on any atom is 0.0634 e. The van der Waals surface area contributed by atoms with Gasteiger partial charge in [-0.2, -0.15) is 0 Å². The minimum absolute atomic E-state index is 0.291. The van der Waals surface area contributed by atoms with Crippen molar-refractivity contribution in [3.8, 4) is 0 Å². The lowest BCUT2D eigenvalue weighted by atomic mass is 9.88. The number of rotatable bonds is 4. The molecule has 1 saturated heterocycles. The molecule has 0 saturated carbocycles. The second kappa shape index (κ2) is 4.97. The van der Waals surface area contributed by atoms with Gasteiger partial charge in [0.2, 0.25) is 0 Å². The van der Waals surface area contributed by atoms with Gasteiger partial charge in [0, 0.05) is 6.61 Å². The van der Waals surface area contributed by atoms with Gasteiger partial charge in [0.15, 0.2) is 0 Å². The van der Waals surface area contributed by atoms with Crippen molar-refractivity contribution in [3.05, 3.63) is 0 Å². The summed E-state index contributed by atoms with van der Waals surface area (Å²) >= 11 is 0. The van der Waals surface area contributed by atoms with E-state index in [2.05, 4.69) is 20.8 Å². The Morgan fingerprint density at radius 1 is 1.46 bits per heavy atom. The Labute approximate surface area is 81.3 Å². The van der Waals surface area contributed by atoms with Gasteiger partial charge in [0.1, 0.15) is 0 Å². The molecule has 1 heterocycles. The molecule has 78 valence electrons. The number of hydrogen-bond acceptors (Lipinski definition) is 2. The third-order valence-electron chi connectivity index (χ3n) is 3.14. The van der Waals surface area contributed by atoms with E-state index in [4.69, 9.17) is 9.84 Å². The molecular weight excluding hydrogens is 164 g/mol. The maximum atomic E-state index is 8.92. The molecule has 1 aliphatic heterocycles. The summed E-state index contributed by atoms with van der Waals surface area (Å²) in [5.74, 6) is 1.21. The Bertz CT molecular complexity index is 147. The molecule has 0 aromatic rings. The molecule has 13 heavy (non-hydrogen) atoms. The fourth-order valence-corrected chi connectivity index (χ4v) is 2.46. The maximum absolute atomic E-state index is 8.92. The topological polar surface area (TPSA) is 29.5 Å². The molecular formula is C11H22O2. The van der Waals surface area contributed by atoms with Crippen molar-refractivity contribution in [2.24, 2.45) is 11.8 Å². The monoisotopic (exact) mass is 186 g/mol. The van der Waals surface area contributed by atoms with Crippen molar-refractivity contribution < 1.29 is 9.84 Å². The molecule has 0 aliphatic carbocycles. The molecule has 4 unspecified atom stereocenters.